The third-order valence-corrected chi connectivity index (χ3v) is 4.96. The quantitative estimate of drug-likeness (QED) is 0.870. The summed E-state index contributed by atoms with van der Waals surface area (Å²) in [6.45, 7) is 2.71. The first-order chi connectivity index (χ1) is 12.2. The Balaban J connectivity index is 1.51. The third-order valence-electron chi connectivity index (χ3n) is 4.63. The first-order valence-electron chi connectivity index (χ1n) is 8.56. The number of para-hydroxylation sites is 1. The highest BCUT2D eigenvalue weighted by Crippen LogP contribution is 2.25. The predicted octanol–water partition coefficient (Wildman–Crippen LogP) is 4.20. The molecule has 1 aliphatic rings. The maximum atomic E-state index is 12.5. The van der Waals surface area contributed by atoms with Crippen molar-refractivity contribution in [3.8, 4) is 5.75 Å². The molecule has 0 radical (unpaired) electrons. The Kier molecular flexibility index (Phi) is 5.95. The fourth-order valence-corrected chi connectivity index (χ4v) is 3.36. The van der Waals surface area contributed by atoms with Crippen molar-refractivity contribution in [1.82, 2.24) is 4.90 Å². The van der Waals surface area contributed by atoms with Crippen LogP contribution in [0.15, 0.2) is 48.5 Å². The molecule has 0 unspecified atom stereocenters. The van der Waals surface area contributed by atoms with Crippen LogP contribution in [0.4, 0.5) is 5.69 Å². The lowest BCUT2D eigenvalue weighted by Crippen LogP contribution is -2.37. The molecule has 1 saturated heterocycles. The highest BCUT2D eigenvalue weighted by Gasteiger charge is 2.25. The number of halogens is 1. The van der Waals surface area contributed by atoms with Gasteiger partial charge in [0.05, 0.1) is 17.8 Å². The Morgan fingerprint density at radius 1 is 1.20 bits per heavy atom. The van der Waals surface area contributed by atoms with Crippen molar-refractivity contribution in [1.29, 1.82) is 0 Å². The minimum absolute atomic E-state index is 0.0397. The highest BCUT2D eigenvalue weighted by atomic mass is 35.5. The second-order valence-corrected chi connectivity index (χ2v) is 6.78. The molecule has 1 N–H and O–H groups in total. The Morgan fingerprint density at radius 3 is 2.68 bits per heavy atom. The van der Waals surface area contributed by atoms with Gasteiger partial charge in [-0.25, -0.2) is 0 Å². The van der Waals surface area contributed by atoms with Gasteiger partial charge in [-0.1, -0.05) is 35.9 Å². The first kappa shape index (κ1) is 17.8. The molecule has 0 aromatic heterocycles. The lowest BCUT2D eigenvalue weighted by Gasteiger charge is -2.31. The zero-order chi connectivity index (χ0) is 17.6. The summed E-state index contributed by atoms with van der Waals surface area (Å²) in [7, 11) is 1.68. The number of likely N-dealkylation sites (tertiary alicyclic amines) is 1. The predicted molar refractivity (Wildman–Crippen MR) is 101 cm³/mol. The zero-order valence-electron chi connectivity index (χ0n) is 14.4. The molecule has 0 atom stereocenters. The van der Waals surface area contributed by atoms with Gasteiger partial charge in [-0.05, 0) is 55.8 Å². The zero-order valence-corrected chi connectivity index (χ0v) is 15.1. The second-order valence-electron chi connectivity index (χ2n) is 6.37. The van der Waals surface area contributed by atoms with Crippen LogP contribution in [0.5, 0.6) is 5.75 Å². The van der Waals surface area contributed by atoms with Crippen LogP contribution in [0.3, 0.4) is 0 Å². The molecule has 1 heterocycles. The minimum Gasteiger partial charge on any atom is -0.497 e. The molecular formula is C20H23ClN2O2. The van der Waals surface area contributed by atoms with Crippen molar-refractivity contribution in [2.45, 2.75) is 19.4 Å². The number of benzene rings is 2. The van der Waals surface area contributed by atoms with E-state index in [0.29, 0.717) is 10.7 Å². The Hall–Kier alpha value is -2.04. The summed E-state index contributed by atoms with van der Waals surface area (Å²) in [5.41, 5.74) is 1.92. The van der Waals surface area contributed by atoms with E-state index in [0.717, 1.165) is 38.2 Å². The number of carbonyl (C=O) groups excluding carboxylic acids is 1. The molecule has 1 amide bonds. The number of amides is 1. The molecule has 4 nitrogen and oxygen atoms in total. The number of nitrogens with zero attached hydrogens (tertiary/aromatic N) is 1. The van der Waals surface area contributed by atoms with Crippen LogP contribution in [-0.4, -0.2) is 31.0 Å². The van der Waals surface area contributed by atoms with E-state index in [1.807, 2.05) is 30.3 Å². The molecule has 3 rings (SSSR count). The van der Waals surface area contributed by atoms with E-state index in [2.05, 4.69) is 22.3 Å². The molecule has 25 heavy (non-hydrogen) atoms. The third kappa shape index (κ3) is 4.74. The van der Waals surface area contributed by atoms with E-state index >= 15 is 0 Å². The van der Waals surface area contributed by atoms with Crippen LogP contribution in [-0.2, 0) is 11.3 Å². The van der Waals surface area contributed by atoms with Gasteiger partial charge in [-0.15, -0.1) is 0 Å². The van der Waals surface area contributed by atoms with E-state index in [9.17, 15) is 4.79 Å². The maximum Gasteiger partial charge on any atom is 0.227 e. The fraction of sp³-hybridized carbons (Fsp3) is 0.350. The number of hydrogen-bond acceptors (Lipinski definition) is 3. The van der Waals surface area contributed by atoms with E-state index in [4.69, 9.17) is 16.3 Å². The van der Waals surface area contributed by atoms with Gasteiger partial charge in [0.25, 0.3) is 0 Å². The van der Waals surface area contributed by atoms with E-state index < -0.39 is 0 Å². The monoisotopic (exact) mass is 358 g/mol. The molecule has 0 aliphatic carbocycles. The van der Waals surface area contributed by atoms with Gasteiger partial charge in [0.1, 0.15) is 5.75 Å². The van der Waals surface area contributed by atoms with E-state index in [-0.39, 0.29) is 11.8 Å². The summed E-state index contributed by atoms with van der Waals surface area (Å²) >= 11 is 6.11. The molecule has 132 valence electrons. The fourth-order valence-electron chi connectivity index (χ4n) is 3.18. The lowest BCUT2D eigenvalue weighted by molar-refractivity contribution is -0.121. The van der Waals surface area contributed by atoms with E-state index in [1.54, 1.807) is 13.2 Å². The summed E-state index contributed by atoms with van der Waals surface area (Å²) in [6, 6.07) is 15.5. The molecule has 0 saturated carbocycles. The van der Waals surface area contributed by atoms with Crippen LogP contribution >= 0.6 is 11.6 Å². The highest BCUT2D eigenvalue weighted by molar-refractivity contribution is 6.33. The van der Waals surface area contributed by atoms with Crippen LogP contribution in [0.2, 0.25) is 5.02 Å². The summed E-state index contributed by atoms with van der Waals surface area (Å²) in [5.74, 6) is 0.985. The standard InChI is InChI=1S/C20H23ClN2O2/c1-25-17-6-4-5-15(13-17)14-23-11-9-16(10-12-23)20(24)22-19-8-3-2-7-18(19)21/h2-8,13,16H,9-12,14H2,1H3,(H,22,24). The second kappa shape index (κ2) is 8.37. The van der Waals surface area contributed by atoms with Gasteiger partial charge < -0.3 is 10.1 Å². The van der Waals surface area contributed by atoms with E-state index in [1.165, 1.54) is 5.56 Å². The van der Waals surface area contributed by atoms with Crippen molar-refractivity contribution in [3.05, 3.63) is 59.1 Å². The van der Waals surface area contributed by atoms with Gasteiger partial charge in [0.2, 0.25) is 5.91 Å². The number of carbonyl (C=O) groups is 1. The van der Waals surface area contributed by atoms with Crippen LogP contribution < -0.4 is 10.1 Å². The molecule has 0 bridgehead atoms. The average Bonchev–Trinajstić information content (AvgIpc) is 2.64. The molecule has 2 aromatic rings. The number of anilines is 1. The minimum atomic E-state index is 0.0397. The maximum absolute atomic E-state index is 12.5. The topological polar surface area (TPSA) is 41.6 Å². The normalized spacial score (nSPS) is 15.8. The average molecular weight is 359 g/mol. The van der Waals surface area contributed by atoms with Gasteiger partial charge in [0.15, 0.2) is 0 Å². The summed E-state index contributed by atoms with van der Waals surface area (Å²) in [6.07, 6.45) is 1.72. The van der Waals surface area contributed by atoms with Gasteiger partial charge >= 0.3 is 0 Å². The molecule has 1 aliphatic heterocycles. The lowest BCUT2D eigenvalue weighted by atomic mass is 9.95. The van der Waals surface area contributed by atoms with Gasteiger partial charge in [0, 0.05) is 12.5 Å². The van der Waals surface area contributed by atoms with Crippen molar-refractivity contribution >= 4 is 23.2 Å². The number of piperidine rings is 1. The van der Waals surface area contributed by atoms with Crippen molar-refractivity contribution in [2.24, 2.45) is 5.92 Å². The first-order valence-corrected chi connectivity index (χ1v) is 8.94. The van der Waals surface area contributed by atoms with Crippen molar-refractivity contribution < 1.29 is 9.53 Å². The van der Waals surface area contributed by atoms with Gasteiger partial charge in [-0.3, -0.25) is 9.69 Å². The summed E-state index contributed by atoms with van der Waals surface area (Å²) in [4.78, 5) is 14.8. The molecule has 2 aromatic carbocycles. The molecule has 0 spiro atoms. The molecule has 5 heteroatoms. The Labute approximate surface area is 153 Å². The number of nitrogens with one attached hydrogen (secondary N) is 1. The number of hydrogen-bond donors (Lipinski definition) is 1. The summed E-state index contributed by atoms with van der Waals surface area (Å²) in [5, 5.41) is 3.53. The van der Waals surface area contributed by atoms with Crippen LogP contribution in [0, 0.1) is 5.92 Å². The Morgan fingerprint density at radius 2 is 1.96 bits per heavy atom. The number of ether oxygens (including phenoxy) is 1. The SMILES string of the molecule is COc1cccc(CN2CCC(C(=O)Nc3ccccc3Cl)CC2)c1. The van der Waals surface area contributed by atoms with Crippen LogP contribution in [0.25, 0.3) is 0 Å². The molecular weight excluding hydrogens is 336 g/mol. The van der Waals surface area contributed by atoms with Crippen LogP contribution in [0.1, 0.15) is 18.4 Å². The Bertz CT molecular complexity index is 727. The summed E-state index contributed by atoms with van der Waals surface area (Å²) < 4.78 is 5.28. The number of methoxy groups -OCH3 is 1. The smallest absolute Gasteiger partial charge is 0.227 e. The van der Waals surface area contributed by atoms with Gasteiger partial charge in [-0.2, -0.15) is 0 Å². The van der Waals surface area contributed by atoms with Crippen molar-refractivity contribution in [3.63, 3.8) is 0 Å². The molecule has 1 fully saturated rings. The largest absolute Gasteiger partial charge is 0.497 e. The van der Waals surface area contributed by atoms with Crippen molar-refractivity contribution in [2.75, 3.05) is 25.5 Å². The number of rotatable bonds is 5.